The number of aromatic amines is 1. The van der Waals surface area contributed by atoms with Crippen molar-refractivity contribution in [2.24, 2.45) is 23.7 Å². The Bertz CT molecular complexity index is 1130. The number of piperidine rings is 1. The summed E-state index contributed by atoms with van der Waals surface area (Å²) in [5.41, 5.74) is 2.75. The van der Waals surface area contributed by atoms with E-state index in [0.717, 1.165) is 24.0 Å². The number of imidazole rings is 1. The van der Waals surface area contributed by atoms with Gasteiger partial charge in [-0.3, -0.25) is 9.78 Å². The summed E-state index contributed by atoms with van der Waals surface area (Å²) < 4.78 is 43.4. The summed E-state index contributed by atoms with van der Waals surface area (Å²) in [4.78, 5) is 26.6. The van der Waals surface area contributed by atoms with Crippen LogP contribution in [-0.2, 0) is 0 Å². The SMILES string of the molecule is CC1CCCC(C2CCN(C(=O)c3cc4ncc(-n5ccnc5)cc4[nH]3)CC2)C(C(F)(F)F)C1. The van der Waals surface area contributed by atoms with Crippen LogP contribution in [0.15, 0.2) is 37.1 Å². The molecule has 0 bridgehead atoms. The smallest absolute Gasteiger partial charge is 0.349 e. The van der Waals surface area contributed by atoms with Crippen molar-refractivity contribution in [1.29, 1.82) is 0 Å². The molecule has 9 heteroatoms. The Morgan fingerprint density at radius 3 is 2.65 bits per heavy atom. The van der Waals surface area contributed by atoms with Crippen molar-refractivity contribution in [3.05, 3.63) is 42.7 Å². The van der Waals surface area contributed by atoms with Gasteiger partial charge in [0, 0.05) is 25.5 Å². The number of likely N-dealkylation sites (tertiary alicyclic amines) is 1. The summed E-state index contributed by atoms with van der Waals surface area (Å²) in [5, 5.41) is 0. The summed E-state index contributed by atoms with van der Waals surface area (Å²) in [6.07, 6.45) is 6.62. The highest BCUT2D eigenvalue weighted by molar-refractivity contribution is 5.97. The number of halogens is 3. The van der Waals surface area contributed by atoms with E-state index >= 15 is 0 Å². The van der Waals surface area contributed by atoms with Crippen LogP contribution in [0.4, 0.5) is 13.2 Å². The molecule has 3 aromatic heterocycles. The number of H-pyrrole nitrogens is 1. The molecule has 1 saturated heterocycles. The largest absolute Gasteiger partial charge is 0.392 e. The first-order valence-corrected chi connectivity index (χ1v) is 12.1. The highest BCUT2D eigenvalue weighted by atomic mass is 19.4. The fraction of sp³-hybridized carbons (Fsp3) is 0.560. The summed E-state index contributed by atoms with van der Waals surface area (Å²) in [6.45, 7) is 2.92. The van der Waals surface area contributed by atoms with Crippen LogP contribution in [0.2, 0.25) is 0 Å². The summed E-state index contributed by atoms with van der Waals surface area (Å²) in [7, 11) is 0. The average Bonchev–Trinajstić information content (AvgIpc) is 3.45. The van der Waals surface area contributed by atoms with Gasteiger partial charge in [-0.2, -0.15) is 13.2 Å². The van der Waals surface area contributed by atoms with Gasteiger partial charge in [0.25, 0.3) is 5.91 Å². The maximum atomic E-state index is 13.9. The normalized spacial score (nSPS) is 24.9. The van der Waals surface area contributed by atoms with E-state index in [1.54, 1.807) is 29.7 Å². The van der Waals surface area contributed by atoms with Crippen molar-refractivity contribution in [2.75, 3.05) is 13.1 Å². The number of carbonyl (C=O) groups is 1. The molecule has 182 valence electrons. The zero-order valence-electron chi connectivity index (χ0n) is 19.3. The summed E-state index contributed by atoms with van der Waals surface area (Å²) >= 11 is 0. The predicted octanol–water partition coefficient (Wildman–Crippen LogP) is 5.61. The van der Waals surface area contributed by atoms with Gasteiger partial charge in [0.1, 0.15) is 5.69 Å². The minimum absolute atomic E-state index is 0.0168. The third kappa shape index (κ3) is 4.57. The van der Waals surface area contributed by atoms with Crippen molar-refractivity contribution >= 4 is 16.9 Å². The molecule has 1 saturated carbocycles. The molecule has 2 fully saturated rings. The first-order chi connectivity index (χ1) is 16.3. The van der Waals surface area contributed by atoms with Gasteiger partial charge >= 0.3 is 6.18 Å². The maximum absolute atomic E-state index is 13.9. The summed E-state index contributed by atoms with van der Waals surface area (Å²) in [6, 6.07) is 3.66. The lowest BCUT2D eigenvalue weighted by Crippen LogP contribution is -2.43. The molecule has 3 aromatic rings. The third-order valence-corrected chi connectivity index (χ3v) is 7.75. The molecule has 2 aliphatic rings. The number of pyridine rings is 1. The lowest BCUT2D eigenvalue weighted by Gasteiger charge is -2.39. The second kappa shape index (κ2) is 9.07. The van der Waals surface area contributed by atoms with Gasteiger partial charge < -0.3 is 14.5 Å². The lowest BCUT2D eigenvalue weighted by molar-refractivity contribution is -0.199. The van der Waals surface area contributed by atoms with Crippen molar-refractivity contribution in [2.45, 2.75) is 51.6 Å². The average molecular weight is 474 g/mol. The Morgan fingerprint density at radius 1 is 1.15 bits per heavy atom. The predicted molar refractivity (Wildman–Crippen MR) is 123 cm³/mol. The molecule has 6 nitrogen and oxygen atoms in total. The minimum atomic E-state index is -4.15. The van der Waals surface area contributed by atoms with E-state index in [1.807, 2.05) is 23.8 Å². The lowest BCUT2D eigenvalue weighted by atomic mass is 9.73. The number of rotatable bonds is 3. The van der Waals surface area contributed by atoms with E-state index < -0.39 is 12.1 Å². The number of hydrogen-bond acceptors (Lipinski definition) is 3. The number of hydrogen-bond donors (Lipinski definition) is 1. The second-order valence-electron chi connectivity index (χ2n) is 9.99. The fourth-order valence-electron chi connectivity index (χ4n) is 5.94. The van der Waals surface area contributed by atoms with E-state index in [4.69, 9.17) is 0 Å². The van der Waals surface area contributed by atoms with Crippen LogP contribution >= 0.6 is 0 Å². The molecule has 1 aliphatic heterocycles. The van der Waals surface area contributed by atoms with Crippen LogP contribution in [-0.4, -0.2) is 49.6 Å². The first kappa shape index (κ1) is 22.9. The number of aromatic nitrogens is 4. The number of alkyl halides is 3. The Hall–Kier alpha value is -2.84. The van der Waals surface area contributed by atoms with Crippen LogP contribution in [0.25, 0.3) is 16.7 Å². The molecule has 4 heterocycles. The van der Waals surface area contributed by atoms with E-state index in [-0.39, 0.29) is 30.1 Å². The van der Waals surface area contributed by atoms with Gasteiger partial charge in [-0.05, 0) is 55.6 Å². The zero-order chi connectivity index (χ0) is 23.9. The molecule has 1 amide bonds. The third-order valence-electron chi connectivity index (χ3n) is 7.75. The van der Waals surface area contributed by atoms with Gasteiger partial charge in [-0.15, -0.1) is 0 Å². The Morgan fingerprint density at radius 2 is 1.94 bits per heavy atom. The second-order valence-corrected chi connectivity index (χ2v) is 9.99. The molecular weight excluding hydrogens is 443 g/mol. The number of fused-ring (bicyclic) bond motifs is 1. The molecule has 1 N–H and O–H groups in total. The number of nitrogens with zero attached hydrogens (tertiary/aromatic N) is 4. The van der Waals surface area contributed by atoms with Gasteiger partial charge in [0.05, 0.1) is 35.2 Å². The quantitative estimate of drug-likeness (QED) is 0.503. The van der Waals surface area contributed by atoms with Crippen LogP contribution in [0, 0.1) is 23.7 Å². The first-order valence-electron chi connectivity index (χ1n) is 12.1. The molecule has 0 radical (unpaired) electrons. The van der Waals surface area contributed by atoms with Gasteiger partial charge in [0.15, 0.2) is 0 Å². The van der Waals surface area contributed by atoms with E-state index in [1.165, 1.54) is 0 Å². The standard InChI is InChI=1S/C25H30F3N5O/c1-16-3-2-4-19(20(11-16)25(26,27)28)17-5-8-32(9-6-17)24(34)23-13-21-22(31-23)12-18(14-30-21)33-10-7-29-15-33/h7,10,12-17,19-20,31H,2-6,8-9,11H2,1H3. The van der Waals surface area contributed by atoms with Crippen molar-refractivity contribution in [1.82, 2.24) is 24.4 Å². The van der Waals surface area contributed by atoms with Crippen LogP contribution in [0.3, 0.4) is 0 Å². The van der Waals surface area contributed by atoms with Crippen LogP contribution in [0.5, 0.6) is 0 Å². The topological polar surface area (TPSA) is 66.8 Å². The molecule has 3 atom stereocenters. The number of nitrogens with one attached hydrogen (secondary N) is 1. The van der Waals surface area contributed by atoms with Crippen molar-refractivity contribution < 1.29 is 18.0 Å². The summed E-state index contributed by atoms with van der Waals surface area (Å²) in [5.74, 6) is -1.54. The highest BCUT2D eigenvalue weighted by Gasteiger charge is 2.48. The van der Waals surface area contributed by atoms with Crippen molar-refractivity contribution in [3.8, 4) is 5.69 Å². The Labute approximate surface area is 196 Å². The van der Waals surface area contributed by atoms with E-state index in [9.17, 15) is 18.0 Å². The molecule has 34 heavy (non-hydrogen) atoms. The molecule has 1 aliphatic carbocycles. The molecule has 5 rings (SSSR count). The molecule has 3 unspecified atom stereocenters. The Kier molecular flexibility index (Phi) is 6.12. The van der Waals surface area contributed by atoms with E-state index in [0.29, 0.717) is 43.6 Å². The van der Waals surface area contributed by atoms with Gasteiger partial charge in [0.2, 0.25) is 0 Å². The van der Waals surface area contributed by atoms with Crippen LogP contribution < -0.4 is 0 Å². The molecule has 0 spiro atoms. The van der Waals surface area contributed by atoms with E-state index in [2.05, 4.69) is 15.0 Å². The van der Waals surface area contributed by atoms with Gasteiger partial charge in [-0.1, -0.05) is 19.8 Å². The highest BCUT2D eigenvalue weighted by Crippen LogP contribution is 2.47. The minimum Gasteiger partial charge on any atom is -0.349 e. The number of carbonyl (C=O) groups excluding carboxylic acids is 1. The molecular formula is C25H30F3N5O. The zero-order valence-corrected chi connectivity index (χ0v) is 19.3. The van der Waals surface area contributed by atoms with Crippen LogP contribution in [0.1, 0.15) is 55.9 Å². The molecule has 0 aromatic carbocycles. The van der Waals surface area contributed by atoms with Crippen molar-refractivity contribution in [3.63, 3.8) is 0 Å². The maximum Gasteiger partial charge on any atom is 0.392 e. The fourth-order valence-corrected chi connectivity index (χ4v) is 5.94. The Balaban J connectivity index is 1.27. The van der Waals surface area contributed by atoms with Gasteiger partial charge in [-0.25, -0.2) is 4.98 Å². The monoisotopic (exact) mass is 473 g/mol. The number of amides is 1.